The Morgan fingerprint density at radius 3 is 3.00 bits per heavy atom. The second kappa shape index (κ2) is 5.24. The van der Waals surface area contributed by atoms with Gasteiger partial charge in [0.05, 0.1) is 5.54 Å². The minimum atomic E-state index is -0.468. The molecule has 1 aromatic rings. The molecule has 0 aliphatic carbocycles. The summed E-state index contributed by atoms with van der Waals surface area (Å²) in [5, 5.41) is 6.22. The molecule has 1 amide bonds. The van der Waals surface area contributed by atoms with Gasteiger partial charge in [0, 0.05) is 11.3 Å². The molecule has 1 heterocycles. The summed E-state index contributed by atoms with van der Waals surface area (Å²) in [5.74, 6) is 2.57. The molecule has 1 atom stereocenters. The third kappa shape index (κ3) is 2.72. The second-order valence-corrected chi connectivity index (χ2v) is 4.90. The topological polar surface area (TPSA) is 41.1 Å². The molecule has 0 saturated carbocycles. The lowest BCUT2D eigenvalue weighted by molar-refractivity contribution is -0.122. The molecular weight excluding hydrogens is 224 g/mol. The Bertz CT molecular complexity index is 482. The summed E-state index contributed by atoms with van der Waals surface area (Å²) in [6.45, 7) is 2.85. The summed E-state index contributed by atoms with van der Waals surface area (Å²) in [4.78, 5) is 12.3. The summed E-state index contributed by atoms with van der Waals surface area (Å²) in [5.41, 5.74) is 1.06. The molecule has 0 aromatic heterocycles. The molecule has 18 heavy (non-hydrogen) atoms. The number of hydrogen-bond donors (Lipinski definition) is 2. The number of nitrogens with one attached hydrogen (secondary N) is 2. The highest BCUT2D eigenvalue weighted by atomic mass is 16.2. The van der Waals surface area contributed by atoms with Crippen molar-refractivity contribution in [1.29, 1.82) is 0 Å². The Kier molecular flexibility index (Phi) is 3.69. The van der Waals surface area contributed by atoms with E-state index in [1.165, 1.54) is 0 Å². The van der Waals surface area contributed by atoms with Gasteiger partial charge >= 0.3 is 0 Å². The van der Waals surface area contributed by atoms with Gasteiger partial charge in [-0.15, -0.1) is 6.42 Å². The molecule has 3 nitrogen and oxygen atoms in total. The fourth-order valence-electron chi connectivity index (χ4n) is 2.21. The molecule has 1 saturated heterocycles. The minimum Gasteiger partial charge on any atom is -0.324 e. The zero-order chi connectivity index (χ0) is 13.0. The van der Waals surface area contributed by atoms with Gasteiger partial charge in [-0.2, -0.15) is 0 Å². The number of carbonyl (C=O) groups excluding carboxylic acids is 1. The van der Waals surface area contributed by atoms with Crippen LogP contribution in [0.5, 0.6) is 0 Å². The molecule has 94 valence electrons. The fraction of sp³-hybridized carbons (Fsp3) is 0.400. The smallest absolute Gasteiger partial charge is 0.244 e. The van der Waals surface area contributed by atoms with Crippen molar-refractivity contribution in [1.82, 2.24) is 5.32 Å². The number of amides is 1. The van der Waals surface area contributed by atoms with E-state index in [2.05, 4.69) is 16.6 Å². The predicted molar refractivity (Wildman–Crippen MR) is 73.3 cm³/mol. The lowest BCUT2D eigenvalue weighted by atomic mass is 9.90. The van der Waals surface area contributed by atoms with Crippen molar-refractivity contribution in [3.05, 3.63) is 29.8 Å². The van der Waals surface area contributed by atoms with Crippen LogP contribution in [0.25, 0.3) is 0 Å². The fourth-order valence-corrected chi connectivity index (χ4v) is 2.21. The van der Waals surface area contributed by atoms with E-state index in [1.807, 2.05) is 31.2 Å². The summed E-state index contributed by atoms with van der Waals surface area (Å²) >= 11 is 0. The van der Waals surface area contributed by atoms with Crippen LogP contribution in [0.3, 0.4) is 0 Å². The van der Waals surface area contributed by atoms with Crippen molar-refractivity contribution < 1.29 is 4.79 Å². The Morgan fingerprint density at radius 2 is 2.33 bits per heavy atom. The van der Waals surface area contributed by atoms with Gasteiger partial charge in [-0.3, -0.25) is 4.79 Å². The van der Waals surface area contributed by atoms with Crippen molar-refractivity contribution in [3.8, 4) is 12.3 Å². The average Bonchev–Trinajstić information content (AvgIpc) is 2.40. The van der Waals surface area contributed by atoms with Crippen LogP contribution < -0.4 is 10.6 Å². The van der Waals surface area contributed by atoms with Gasteiger partial charge < -0.3 is 10.6 Å². The minimum absolute atomic E-state index is 0.0105. The van der Waals surface area contributed by atoms with Crippen LogP contribution in [-0.4, -0.2) is 18.0 Å². The predicted octanol–water partition coefficient (Wildman–Crippen LogP) is 2.14. The number of piperidine rings is 1. The van der Waals surface area contributed by atoms with E-state index in [1.54, 1.807) is 0 Å². The molecule has 3 heteroatoms. The largest absolute Gasteiger partial charge is 0.324 e. The molecular formula is C15H18N2O. The third-order valence-electron chi connectivity index (χ3n) is 3.41. The van der Waals surface area contributed by atoms with Gasteiger partial charge in [-0.1, -0.05) is 12.0 Å². The molecule has 1 aliphatic rings. The number of terminal acetylenes is 1. The Morgan fingerprint density at radius 1 is 1.50 bits per heavy atom. The first-order valence-corrected chi connectivity index (χ1v) is 6.27. The Balaban J connectivity index is 2.08. The summed E-state index contributed by atoms with van der Waals surface area (Å²) in [7, 11) is 0. The summed E-state index contributed by atoms with van der Waals surface area (Å²) in [6, 6.07) is 7.35. The maximum atomic E-state index is 12.3. The first-order valence-electron chi connectivity index (χ1n) is 6.27. The molecule has 1 unspecified atom stereocenters. The van der Waals surface area contributed by atoms with Gasteiger partial charge in [0.15, 0.2) is 0 Å². The molecule has 0 spiro atoms. The quantitative estimate of drug-likeness (QED) is 0.780. The zero-order valence-electron chi connectivity index (χ0n) is 10.6. The highest BCUT2D eigenvalue weighted by Gasteiger charge is 2.34. The van der Waals surface area contributed by atoms with Gasteiger partial charge in [0.2, 0.25) is 5.91 Å². The second-order valence-electron chi connectivity index (χ2n) is 4.90. The normalized spacial score (nSPS) is 23.1. The van der Waals surface area contributed by atoms with Crippen molar-refractivity contribution in [3.63, 3.8) is 0 Å². The van der Waals surface area contributed by atoms with E-state index >= 15 is 0 Å². The maximum Gasteiger partial charge on any atom is 0.244 e. The molecule has 1 aliphatic heterocycles. The van der Waals surface area contributed by atoms with Gasteiger partial charge in [0.1, 0.15) is 0 Å². The van der Waals surface area contributed by atoms with Crippen LogP contribution in [-0.2, 0) is 4.79 Å². The van der Waals surface area contributed by atoms with Crippen LogP contribution in [0.1, 0.15) is 31.7 Å². The van der Waals surface area contributed by atoms with Crippen LogP contribution in [0.15, 0.2) is 24.3 Å². The molecule has 2 rings (SSSR count). The standard InChI is InChI=1S/C15H18N2O/c1-3-12-7-6-8-13(11-12)17-14(18)15(2)9-4-5-10-16-15/h1,6-8,11,16H,4-5,9-10H2,2H3,(H,17,18). The zero-order valence-corrected chi connectivity index (χ0v) is 10.6. The molecule has 0 radical (unpaired) electrons. The molecule has 1 aromatic carbocycles. The van der Waals surface area contributed by atoms with Crippen LogP contribution in [0.2, 0.25) is 0 Å². The van der Waals surface area contributed by atoms with Crippen molar-refractivity contribution >= 4 is 11.6 Å². The van der Waals surface area contributed by atoms with E-state index in [0.717, 1.165) is 37.1 Å². The molecule has 2 N–H and O–H groups in total. The number of hydrogen-bond acceptors (Lipinski definition) is 2. The van der Waals surface area contributed by atoms with Crippen LogP contribution in [0.4, 0.5) is 5.69 Å². The van der Waals surface area contributed by atoms with E-state index in [4.69, 9.17) is 6.42 Å². The number of anilines is 1. The van der Waals surface area contributed by atoms with E-state index < -0.39 is 5.54 Å². The van der Waals surface area contributed by atoms with Crippen LogP contribution in [0, 0.1) is 12.3 Å². The monoisotopic (exact) mass is 242 g/mol. The average molecular weight is 242 g/mol. The number of carbonyl (C=O) groups is 1. The SMILES string of the molecule is C#Cc1cccc(NC(=O)C2(C)CCCCN2)c1. The number of rotatable bonds is 2. The molecule has 1 fully saturated rings. The lowest BCUT2D eigenvalue weighted by Gasteiger charge is -2.33. The van der Waals surface area contributed by atoms with Gasteiger partial charge in [-0.05, 0) is 50.9 Å². The molecule has 0 bridgehead atoms. The van der Waals surface area contributed by atoms with E-state index in [9.17, 15) is 4.79 Å². The van der Waals surface area contributed by atoms with Gasteiger partial charge in [-0.25, -0.2) is 0 Å². The highest BCUT2D eigenvalue weighted by Crippen LogP contribution is 2.21. The number of benzene rings is 1. The lowest BCUT2D eigenvalue weighted by Crippen LogP contribution is -2.54. The highest BCUT2D eigenvalue weighted by molar-refractivity contribution is 5.98. The van der Waals surface area contributed by atoms with Crippen molar-refractivity contribution in [2.24, 2.45) is 0 Å². The van der Waals surface area contributed by atoms with E-state index in [0.29, 0.717) is 0 Å². The summed E-state index contributed by atoms with van der Waals surface area (Å²) < 4.78 is 0. The van der Waals surface area contributed by atoms with Gasteiger partial charge in [0.25, 0.3) is 0 Å². The Labute approximate surface area is 108 Å². The Hall–Kier alpha value is -1.79. The first-order chi connectivity index (χ1) is 8.64. The first kappa shape index (κ1) is 12.7. The maximum absolute atomic E-state index is 12.3. The third-order valence-corrected chi connectivity index (χ3v) is 3.41. The van der Waals surface area contributed by atoms with Crippen molar-refractivity contribution in [2.45, 2.75) is 31.7 Å². The van der Waals surface area contributed by atoms with Crippen LogP contribution >= 0.6 is 0 Å². The summed E-state index contributed by atoms with van der Waals surface area (Å²) in [6.07, 6.45) is 8.43. The van der Waals surface area contributed by atoms with E-state index in [-0.39, 0.29) is 5.91 Å². The van der Waals surface area contributed by atoms with Crippen molar-refractivity contribution in [2.75, 3.05) is 11.9 Å².